The Balaban J connectivity index is 0.00000144. The van der Waals surface area contributed by atoms with Crippen LogP contribution in [-0.2, 0) is 0 Å². The number of nitrogens with zero attached hydrogens (tertiary/aromatic N) is 1. The Morgan fingerprint density at radius 1 is 1.65 bits per heavy atom. The van der Waals surface area contributed by atoms with E-state index in [4.69, 9.17) is 5.73 Å². The van der Waals surface area contributed by atoms with Crippen molar-refractivity contribution in [1.29, 1.82) is 0 Å². The van der Waals surface area contributed by atoms with Gasteiger partial charge < -0.3 is 10.6 Å². The minimum absolute atomic E-state index is 0. The average Bonchev–Trinajstić information content (AvgIpc) is 2.81. The van der Waals surface area contributed by atoms with Gasteiger partial charge in [-0.1, -0.05) is 6.92 Å². The minimum Gasteiger partial charge on any atom is -0.334 e. The molecule has 1 aliphatic heterocycles. The highest BCUT2D eigenvalue weighted by atomic mass is 35.5. The van der Waals surface area contributed by atoms with Gasteiger partial charge in [-0.25, -0.2) is 0 Å². The number of halogens is 1. The Hall–Kier alpha value is -0.580. The van der Waals surface area contributed by atoms with E-state index < -0.39 is 0 Å². The maximum absolute atomic E-state index is 12.3. The Kier molecular flexibility index (Phi) is 5.43. The van der Waals surface area contributed by atoms with Crippen LogP contribution in [0.25, 0.3) is 0 Å². The molecular formula is C12H19ClN2OS. The summed E-state index contributed by atoms with van der Waals surface area (Å²) in [5.41, 5.74) is 6.59. The summed E-state index contributed by atoms with van der Waals surface area (Å²) in [4.78, 5) is 14.2. The first-order chi connectivity index (χ1) is 7.74. The number of thiophene rings is 1. The van der Waals surface area contributed by atoms with Gasteiger partial charge in [0.05, 0.1) is 5.56 Å². The lowest BCUT2D eigenvalue weighted by molar-refractivity contribution is 0.0533. The van der Waals surface area contributed by atoms with Crippen molar-refractivity contribution in [2.45, 2.75) is 25.8 Å². The molecule has 0 saturated carbocycles. The number of likely N-dealkylation sites (tertiary alicyclic amines) is 1. The predicted octanol–water partition coefficient (Wildman–Crippen LogP) is 2.37. The summed E-state index contributed by atoms with van der Waals surface area (Å²) in [6, 6.07) is 2.10. The Morgan fingerprint density at radius 3 is 3.00 bits per heavy atom. The van der Waals surface area contributed by atoms with E-state index in [2.05, 4.69) is 6.92 Å². The number of nitrogens with two attached hydrogens (primary N) is 1. The zero-order chi connectivity index (χ0) is 11.5. The molecule has 5 heteroatoms. The minimum atomic E-state index is 0. The molecule has 17 heavy (non-hydrogen) atoms. The van der Waals surface area contributed by atoms with E-state index in [9.17, 15) is 4.79 Å². The van der Waals surface area contributed by atoms with Gasteiger partial charge in [-0.05, 0) is 30.2 Å². The molecule has 1 aromatic rings. The van der Waals surface area contributed by atoms with Crippen molar-refractivity contribution in [3.8, 4) is 0 Å². The van der Waals surface area contributed by atoms with Crippen LogP contribution < -0.4 is 5.73 Å². The Labute approximate surface area is 112 Å². The molecule has 1 saturated heterocycles. The number of rotatable bonds is 2. The molecule has 3 nitrogen and oxygen atoms in total. The number of carbonyl (C=O) groups is 1. The van der Waals surface area contributed by atoms with E-state index >= 15 is 0 Å². The van der Waals surface area contributed by atoms with Crippen LogP contribution in [0.2, 0.25) is 0 Å². The van der Waals surface area contributed by atoms with Crippen LogP contribution in [0.15, 0.2) is 16.8 Å². The summed E-state index contributed by atoms with van der Waals surface area (Å²) < 4.78 is 0. The van der Waals surface area contributed by atoms with Gasteiger partial charge in [-0.3, -0.25) is 4.79 Å². The normalized spacial score (nSPS) is 24.2. The molecule has 0 bridgehead atoms. The number of amides is 1. The molecule has 0 spiro atoms. The van der Waals surface area contributed by atoms with E-state index in [0.717, 1.165) is 18.5 Å². The fraction of sp³-hybridized carbons (Fsp3) is 0.583. The quantitative estimate of drug-likeness (QED) is 0.900. The van der Waals surface area contributed by atoms with Crippen LogP contribution in [0.5, 0.6) is 0 Å². The maximum atomic E-state index is 12.3. The van der Waals surface area contributed by atoms with Crippen LogP contribution >= 0.6 is 23.7 Å². The molecule has 0 aromatic carbocycles. The molecule has 1 aromatic heterocycles. The number of hydrogen-bond acceptors (Lipinski definition) is 3. The van der Waals surface area contributed by atoms with Gasteiger partial charge in [0.2, 0.25) is 0 Å². The van der Waals surface area contributed by atoms with Crippen molar-refractivity contribution in [2.24, 2.45) is 11.7 Å². The topological polar surface area (TPSA) is 46.3 Å². The summed E-state index contributed by atoms with van der Waals surface area (Å²) >= 11 is 1.56. The molecule has 96 valence electrons. The summed E-state index contributed by atoms with van der Waals surface area (Å²) in [6.45, 7) is 3.60. The SMILES string of the molecule is CC1CCCN(C(=O)c2ccsc2)C1CN.Cl. The van der Waals surface area contributed by atoms with Crippen molar-refractivity contribution >= 4 is 29.7 Å². The van der Waals surface area contributed by atoms with Crippen molar-refractivity contribution in [3.05, 3.63) is 22.4 Å². The molecule has 1 fully saturated rings. The first kappa shape index (κ1) is 14.5. The second-order valence-corrected chi connectivity index (χ2v) is 5.21. The van der Waals surface area contributed by atoms with Crippen LogP contribution in [0.1, 0.15) is 30.1 Å². The van der Waals surface area contributed by atoms with E-state index in [-0.39, 0.29) is 24.4 Å². The Morgan fingerprint density at radius 2 is 2.41 bits per heavy atom. The molecule has 0 radical (unpaired) electrons. The molecule has 0 aliphatic carbocycles. The fourth-order valence-electron chi connectivity index (χ4n) is 2.41. The second kappa shape index (κ2) is 6.38. The third kappa shape index (κ3) is 3.00. The second-order valence-electron chi connectivity index (χ2n) is 4.43. The first-order valence-electron chi connectivity index (χ1n) is 5.77. The molecule has 1 aliphatic rings. The molecule has 2 N–H and O–H groups in total. The molecule has 2 atom stereocenters. The fourth-order valence-corrected chi connectivity index (χ4v) is 3.04. The van der Waals surface area contributed by atoms with Crippen LogP contribution in [0.3, 0.4) is 0 Å². The van der Waals surface area contributed by atoms with E-state index in [1.165, 1.54) is 6.42 Å². The summed E-state index contributed by atoms with van der Waals surface area (Å²) in [5, 5.41) is 3.85. The van der Waals surface area contributed by atoms with Crippen LogP contribution in [0.4, 0.5) is 0 Å². The van der Waals surface area contributed by atoms with Gasteiger partial charge in [-0.2, -0.15) is 11.3 Å². The highest BCUT2D eigenvalue weighted by Crippen LogP contribution is 2.24. The van der Waals surface area contributed by atoms with Gasteiger partial charge in [0, 0.05) is 24.5 Å². The van der Waals surface area contributed by atoms with Crippen molar-refractivity contribution < 1.29 is 4.79 Å². The third-order valence-corrected chi connectivity index (χ3v) is 4.07. The standard InChI is InChI=1S/C12H18N2OS.ClH/c1-9-3-2-5-14(11(9)7-13)12(15)10-4-6-16-8-10;/h4,6,8-9,11H,2-3,5,7,13H2,1H3;1H. The largest absolute Gasteiger partial charge is 0.334 e. The van der Waals surface area contributed by atoms with E-state index in [0.29, 0.717) is 12.5 Å². The smallest absolute Gasteiger partial charge is 0.254 e. The number of piperidine rings is 1. The lowest BCUT2D eigenvalue weighted by Crippen LogP contribution is -2.51. The third-order valence-electron chi connectivity index (χ3n) is 3.39. The molecule has 2 unspecified atom stereocenters. The van der Waals surface area contributed by atoms with Crippen LogP contribution in [0, 0.1) is 5.92 Å². The van der Waals surface area contributed by atoms with Gasteiger partial charge in [0.15, 0.2) is 0 Å². The zero-order valence-corrected chi connectivity index (χ0v) is 11.6. The van der Waals surface area contributed by atoms with E-state index in [1.807, 2.05) is 21.7 Å². The van der Waals surface area contributed by atoms with E-state index in [1.54, 1.807) is 11.3 Å². The molecule has 1 amide bonds. The maximum Gasteiger partial charge on any atom is 0.254 e. The summed E-state index contributed by atoms with van der Waals surface area (Å²) in [7, 11) is 0. The Bertz CT molecular complexity index is 355. The monoisotopic (exact) mass is 274 g/mol. The zero-order valence-electron chi connectivity index (χ0n) is 9.96. The van der Waals surface area contributed by atoms with Gasteiger partial charge in [-0.15, -0.1) is 12.4 Å². The molecular weight excluding hydrogens is 256 g/mol. The first-order valence-corrected chi connectivity index (χ1v) is 6.71. The van der Waals surface area contributed by atoms with Crippen molar-refractivity contribution in [3.63, 3.8) is 0 Å². The lowest BCUT2D eigenvalue weighted by atomic mass is 9.90. The van der Waals surface area contributed by atoms with Gasteiger partial charge >= 0.3 is 0 Å². The van der Waals surface area contributed by atoms with Crippen molar-refractivity contribution in [2.75, 3.05) is 13.1 Å². The molecule has 2 heterocycles. The molecule has 2 rings (SSSR count). The van der Waals surface area contributed by atoms with Crippen molar-refractivity contribution in [1.82, 2.24) is 4.90 Å². The van der Waals surface area contributed by atoms with Crippen LogP contribution in [-0.4, -0.2) is 29.9 Å². The summed E-state index contributed by atoms with van der Waals surface area (Å²) in [5.74, 6) is 0.657. The van der Waals surface area contributed by atoms with Gasteiger partial charge in [0.25, 0.3) is 5.91 Å². The average molecular weight is 275 g/mol. The lowest BCUT2D eigenvalue weighted by Gasteiger charge is -2.39. The highest BCUT2D eigenvalue weighted by Gasteiger charge is 2.31. The number of hydrogen-bond donors (Lipinski definition) is 1. The highest BCUT2D eigenvalue weighted by molar-refractivity contribution is 7.08. The predicted molar refractivity (Wildman–Crippen MR) is 73.8 cm³/mol. The summed E-state index contributed by atoms with van der Waals surface area (Å²) in [6.07, 6.45) is 2.27. The van der Waals surface area contributed by atoms with Gasteiger partial charge in [0.1, 0.15) is 0 Å². The number of carbonyl (C=O) groups excluding carboxylic acids is 1.